The minimum atomic E-state index is -0.689. The van der Waals surface area contributed by atoms with E-state index in [1.54, 1.807) is 43.8 Å². The fourth-order valence-electron chi connectivity index (χ4n) is 2.27. The highest BCUT2D eigenvalue weighted by Crippen LogP contribution is 2.28. The van der Waals surface area contributed by atoms with E-state index in [1.165, 1.54) is 0 Å². The van der Waals surface area contributed by atoms with Crippen LogP contribution in [0.4, 0.5) is 5.13 Å². The van der Waals surface area contributed by atoms with Crippen molar-refractivity contribution in [1.82, 2.24) is 4.98 Å². The molecular formula is C17H18N2O3S. The number of hydrogen-bond acceptors (Lipinski definition) is 6. The van der Waals surface area contributed by atoms with Crippen LogP contribution in [-0.4, -0.2) is 30.9 Å². The molecule has 0 aliphatic heterocycles. The van der Waals surface area contributed by atoms with E-state index in [9.17, 15) is 5.11 Å². The summed E-state index contributed by atoms with van der Waals surface area (Å²) in [6.07, 6.45) is -0.689. The Balaban J connectivity index is 1.72. The van der Waals surface area contributed by atoms with Gasteiger partial charge in [0.25, 0.3) is 0 Å². The van der Waals surface area contributed by atoms with Crippen LogP contribution in [0.1, 0.15) is 11.7 Å². The molecule has 120 valence electrons. The summed E-state index contributed by atoms with van der Waals surface area (Å²) in [5, 5.41) is 14.4. The van der Waals surface area contributed by atoms with Crippen LogP contribution >= 0.6 is 11.3 Å². The fourth-order valence-corrected chi connectivity index (χ4v) is 3.14. The Morgan fingerprint density at radius 3 is 2.48 bits per heavy atom. The molecule has 1 heterocycles. The van der Waals surface area contributed by atoms with Gasteiger partial charge in [-0.2, -0.15) is 0 Å². The molecule has 1 atom stereocenters. The number of nitrogens with one attached hydrogen (secondary N) is 1. The van der Waals surface area contributed by atoms with E-state index >= 15 is 0 Å². The van der Waals surface area contributed by atoms with Gasteiger partial charge in [-0.3, -0.25) is 0 Å². The van der Waals surface area contributed by atoms with Gasteiger partial charge < -0.3 is 19.9 Å². The highest BCUT2D eigenvalue weighted by atomic mass is 32.1. The molecule has 0 bridgehead atoms. The average Bonchev–Trinajstić information content (AvgIpc) is 3.02. The molecule has 2 aromatic carbocycles. The lowest BCUT2D eigenvalue weighted by Gasteiger charge is -2.14. The predicted octanol–water partition coefficient (Wildman–Crippen LogP) is 3.46. The molecule has 0 radical (unpaired) electrons. The maximum absolute atomic E-state index is 10.4. The highest BCUT2D eigenvalue weighted by Gasteiger charge is 2.12. The third-order valence-corrected chi connectivity index (χ3v) is 4.49. The number of nitrogens with zero attached hydrogens (tertiary/aromatic N) is 1. The summed E-state index contributed by atoms with van der Waals surface area (Å²) in [5.41, 5.74) is 1.69. The van der Waals surface area contributed by atoms with Crippen LogP contribution < -0.4 is 14.8 Å². The van der Waals surface area contributed by atoms with Gasteiger partial charge in [0.15, 0.2) is 5.13 Å². The number of anilines is 1. The van der Waals surface area contributed by atoms with Crippen molar-refractivity contribution in [2.45, 2.75) is 6.10 Å². The number of hydrogen-bond donors (Lipinski definition) is 2. The van der Waals surface area contributed by atoms with Gasteiger partial charge in [-0.25, -0.2) is 4.98 Å². The van der Waals surface area contributed by atoms with E-state index in [-0.39, 0.29) is 0 Å². The smallest absolute Gasteiger partial charge is 0.183 e. The highest BCUT2D eigenvalue weighted by molar-refractivity contribution is 7.22. The van der Waals surface area contributed by atoms with Crippen LogP contribution in [0.15, 0.2) is 42.5 Å². The van der Waals surface area contributed by atoms with Crippen LogP contribution in [-0.2, 0) is 0 Å². The monoisotopic (exact) mass is 330 g/mol. The van der Waals surface area contributed by atoms with Gasteiger partial charge in [-0.05, 0) is 29.8 Å². The number of methoxy groups -OCH3 is 2. The fraction of sp³-hybridized carbons (Fsp3) is 0.235. The average molecular weight is 330 g/mol. The van der Waals surface area contributed by atoms with Crippen LogP contribution in [0.25, 0.3) is 10.2 Å². The molecule has 1 unspecified atom stereocenters. The number of thiazole rings is 1. The van der Waals surface area contributed by atoms with Gasteiger partial charge in [-0.15, -0.1) is 0 Å². The zero-order valence-electron chi connectivity index (χ0n) is 12.9. The van der Waals surface area contributed by atoms with Crippen molar-refractivity contribution in [3.63, 3.8) is 0 Å². The second-order valence-corrected chi connectivity index (χ2v) is 6.06. The van der Waals surface area contributed by atoms with Crippen molar-refractivity contribution in [2.24, 2.45) is 0 Å². The predicted molar refractivity (Wildman–Crippen MR) is 92.6 cm³/mol. The second kappa shape index (κ2) is 6.85. The summed E-state index contributed by atoms with van der Waals surface area (Å²) in [7, 11) is 3.18. The second-order valence-electron chi connectivity index (χ2n) is 5.03. The van der Waals surface area contributed by atoms with E-state index in [0.29, 0.717) is 18.0 Å². The molecule has 0 spiro atoms. The Morgan fingerprint density at radius 1 is 1.13 bits per heavy atom. The summed E-state index contributed by atoms with van der Waals surface area (Å²) in [6, 6.07) is 13.3. The first-order chi connectivity index (χ1) is 11.2. The molecule has 0 fully saturated rings. The van der Waals surface area contributed by atoms with Crippen molar-refractivity contribution in [1.29, 1.82) is 0 Å². The van der Waals surface area contributed by atoms with Crippen LogP contribution in [0.5, 0.6) is 11.5 Å². The lowest BCUT2D eigenvalue weighted by atomic mass is 10.1. The molecule has 0 saturated carbocycles. The van der Waals surface area contributed by atoms with Crippen LogP contribution in [0.3, 0.4) is 0 Å². The number of aromatic nitrogens is 1. The third kappa shape index (κ3) is 3.55. The molecule has 5 nitrogen and oxygen atoms in total. The Bertz CT molecular complexity index is 748. The third-order valence-electron chi connectivity index (χ3n) is 3.50. The van der Waals surface area contributed by atoms with E-state index < -0.39 is 6.10 Å². The Hall–Kier alpha value is -2.31. The molecule has 0 amide bonds. The molecule has 3 rings (SSSR count). The zero-order valence-corrected chi connectivity index (χ0v) is 13.8. The SMILES string of the molecule is COc1cc(OC)cc(C(O)CNc2nc3ccccc3s2)c1. The molecule has 0 saturated heterocycles. The number of rotatable bonds is 6. The van der Waals surface area contributed by atoms with Crippen LogP contribution in [0.2, 0.25) is 0 Å². The van der Waals surface area contributed by atoms with Gasteiger partial charge in [0.05, 0.1) is 30.5 Å². The lowest BCUT2D eigenvalue weighted by Crippen LogP contribution is -2.12. The summed E-state index contributed by atoms with van der Waals surface area (Å²) in [6.45, 7) is 0.357. The zero-order chi connectivity index (χ0) is 16.2. The quantitative estimate of drug-likeness (QED) is 0.725. The van der Waals surface area contributed by atoms with Gasteiger partial charge in [0.2, 0.25) is 0 Å². The molecule has 2 N–H and O–H groups in total. The van der Waals surface area contributed by atoms with Gasteiger partial charge in [0.1, 0.15) is 11.5 Å². The van der Waals surface area contributed by atoms with Crippen molar-refractivity contribution in [3.05, 3.63) is 48.0 Å². The minimum Gasteiger partial charge on any atom is -0.497 e. The summed E-state index contributed by atoms with van der Waals surface area (Å²) in [4.78, 5) is 4.49. The van der Waals surface area contributed by atoms with Gasteiger partial charge in [-0.1, -0.05) is 23.5 Å². The Labute approximate surface area is 138 Å². The number of para-hydroxylation sites is 1. The maximum atomic E-state index is 10.4. The van der Waals surface area contributed by atoms with Gasteiger partial charge in [0, 0.05) is 12.6 Å². The van der Waals surface area contributed by atoms with Crippen LogP contribution in [0, 0.1) is 0 Å². The first kappa shape index (κ1) is 15.6. The van der Waals surface area contributed by atoms with E-state index in [4.69, 9.17) is 9.47 Å². The molecular weight excluding hydrogens is 312 g/mol. The normalized spacial score (nSPS) is 12.1. The molecule has 6 heteroatoms. The summed E-state index contributed by atoms with van der Waals surface area (Å²) < 4.78 is 11.6. The maximum Gasteiger partial charge on any atom is 0.183 e. The molecule has 0 aliphatic carbocycles. The summed E-state index contributed by atoms with van der Waals surface area (Å²) in [5.74, 6) is 1.30. The number of ether oxygens (including phenoxy) is 2. The van der Waals surface area contributed by atoms with Crippen molar-refractivity contribution in [3.8, 4) is 11.5 Å². The largest absolute Gasteiger partial charge is 0.497 e. The standard InChI is InChI=1S/C17H18N2O3S/c1-21-12-7-11(8-13(9-12)22-2)15(20)10-18-17-19-14-5-3-4-6-16(14)23-17/h3-9,15,20H,10H2,1-2H3,(H,18,19). The molecule has 3 aromatic rings. The Kier molecular flexibility index (Phi) is 4.64. The number of aliphatic hydroxyl groups is 1. The Morgan fingerprint density at radius 2 is 1.83 bits per heavy atom. The van der Waals surface area contributed by atoms with E-state index in [2.05, 4.69) is 10.3 Å². The molecule has 23 heavy (non-hydrogen) atoms. The topological polar surface area (TPSA) is 63.6 Å². The molecule has 1 aromatic heterocycles. The molecule has 0 aliphatic rings. The van der Waals surface area contributed by atoms with E-state index in [0.717, 1.165) is 20.9 Å². The lowest BCUT2D eigenvalue weighted by molar-refractivity contribution is 0.190. The van der Waals surface area contributed by atoms with Crippen molar-refractivity contribution < 1.29 is 14.6 Å². The number of benzene rings is 2. The number of aliphatic hydroxyl groups excluding tert-OH is 1. The van der Waals surface area contributed by atoms with Crippen molar-refractivity contribution >= 4 is 26.7 Å². The van der Waals surface area contributed by atoms with E-state index in [1.807, 2.05) is 24.3 Å². The van der Waals surface area contributed by atoms with Crippen molar-refractivity contribution in [2.75, 3.05) is 26.1 Å². The first-order valence-corrected chi connectivity index (χ1v) is 8.01. The summed E-state index contributed by atoms with van der Waals surface area (Å²) >= 11 is 1.57. The van der Waals surface area contributed by atoms with Gasteiger partial charge >= 0.3 is 0 Å². The number of fused-ring (bicyclic) bond motifs is 1. The first-order valence-electron chi connectivity index (χ1n) is 7.20. The minimum absolute atomic E-state index is 0.357.